The monoisotopic (exact) mass is 283 g/mol. The molecule has 2 aromatic rings. The Morgan fingerprint density at radius 2 is 1.67 bits per heavy atom. The molecule has 0 heterocycles. The van der Waals surface area contributed by atoms with Gasteiger partial charge in [-0.2, -0.15) is 0 Å². The molecule has 2 heteroatoms. The van der Waals surface area contributed by atoms with Gasteiger partial charge in [-0.05, 0) is 68.5 Å². The van der Waals surface area contributed by atoms with Crippen LogP contribution in [0.2, 0.25) is 0 Å². The van der Waals surface area contributed by atoms with E-state index in [1.807, 2.05) is 18.2 Å². The topological polar surface area (TPSA) is 21.3 Å². The Balaban J connectivity index is 1.64. The van der Waals surface area contributed by atoms with Crippen LogP contribution in [0.25, 0.3) is 0 Å². The molecule has 0 saturated carbocycles. The first-order chi connectivity index (χ1) is 10.2. The van der Waals surface area contributed by atoms with Gasteiger partial charge in [0.25, 0.3) is 0 Å². The van der Waals surface area contributed by atoms with Crippen molar-refractivity contribution in [3.8, 4) is 5.75 Å². The summed E-state index contributed by atoms with van der Waals surface area (Å²) in [6.07, 6.45) is 2.17. The summed E-state index contributed by atoms with van der Waals surface area (Å²) in [5, 5.41) is 3.47. The summed E-state index contributed by atoms with van der Waals surface area (Å²) >= 11 is 0. The normalized spacial score (nSPS) is 10.4. The predicted molar refractivity (Wildman–Crippen MR) is 90.3 cm³/mol. The molecule has 2 nitrogen and oxygen atoms in total. The number of para-hydroxylation sites is 1. The first kappa shape index (κ1) is 15.4. The lowest BCUT2D eigenvalue weighted by atomic mass is 10.1. The molecular formula is C19H25NO. The van der Waals surface area contributed by atoms with E-state index in [2.05, 4.69) is 50.4 Å². The summed E-state index contributed by atoms with van der Waals surface area (Å²) in [5.41, 5.74) is 5.08. The molecule has 2 aromatic carbocycles. The number of unbranched alkanes of at least 4 members (excludes halogenated alkanes) is 1. The Morgan fingerprint density at radius 3 is 2.43 bits per heavy atom. The van der Waals surface area contributed by atoms with Crippen molar-refractivity contribution < 1.29 is 4.74 Å². The number of anilines is 1. The maximum atomic E-state index is 5.80. The van der Waals surface area contributed by atoms with Gasteiger partial charge in [0.05, 0.1) is 6.61 Å². The number of hydrogen-bond donors (Lipinski definition) is 1. The van der Waals surface area contributed by atoms with Crippen LogP contribution in [0.3, 0.4) is 0 Å². The van der Waals surface area contributed by atoms with Crippen LogP contribution in [-0.2, 0) is 0 Å². The zero-order chi connectivity index (χ0) is 15.1. The van der Waals surface area contributed by atoms with Crippen molar-refractivity contribution in [2.75, 3.05) is 18.5 Å². The molecule has 0 unspecified atom stereocenters. The molecule has 0 saturated heterocycles. The third kappa shape index (κ3) is 4.82. The zero-order valence-corrected chi connectivity index (χ0v) is 13.3. The minimum absolute atomic E-state index is 0.777. The Labute approximate surface area is 128 Å². The highest BCUT2D eigenvalue weighted by Gasteiger charge is 1.98. The van der Waals surface area contributed by atoms with Gasteiger partial charge in [0.1, 0.15) is 5.75 Å². The van der Waals surface area contributed by atoms with Crippen LogP contribution in [-0.4, -0.2) is 13.2 Å². The van der Waals surface area contributed by atoms with E-state index in [1.165, 1.54) is 22.4 Å². The van der Waals surface area contributed by atoms with E-state index in [0.717, 1.165) is 31.7 Å². The third-order valence-electron chi connectivity index (χ3n) is 3.76. The number of nitrogens with one attached hydrogen (secondary N) is 1. The third-order valence-corrected chi connectivity index (χ3v) is 3.76. The molecular weight excluding hydrogens is 258 g/mol. The molecule has 21 heavy (non-hydrogen) atoms. The lowest BCUT2D eigenvalue weighted by Gasteiger charge is -2.10. The number of ether oxygens (including phenoxy) is 1. The van der Waals surface area contributed by atoms with Crippen molar-refractivity contribution in [3.63, 3.8) is 0 Å². The van der Waals surface area contributed by atoms with E-state index in [1.54, 1.807) is 0 Å². The average Bonchev–Trinajstić information content (AvgIpc) is 2.48. The molecule has 0 spiro atoms. The summed E-state index contributed by atoms with van der Waals surface area (Å²) < 4.78 is 5.80. The number of hydrogen-bond acceptors (Lipinski definition) is 2. The Kier molecular flexibility index (Phi) is 5.68. The van der Waals surface area contributed by atoms with Gasteiger partial charge < -0.3 is 10.1 Å². The van der Waals surface area contributed by atoms with Crippen molar-refractivity contribution in [1.29, 1.82) is 0 Å². The molecule has 2 rings (SSSR count). The quantitative estimate of drug-likeness (QED) is 0.731. The summed E-state index contributed by atoms with van der Waals surface area (Å²) in [6, 6.07) is 14.7. The molecule has 0 bridgehead atoms. The first-order valence-corrected chi connectivity index (χ1v) is 7.66. The highest BCUT2D eigenvalue weighted by Crippen LogP contribution is 2.17. The number of aryl methyl sites for hydroxylation is 3. The van der Waals surface area contributed by atoms with Gasteiger partial charge in [-0.3, -0.25) is 0 Å². The van der Waals surface area contributed by atoms with E-state index in [-0.39, 0.29) is 0 Å². The maximum absolute atomic E-state index is 5.80. The van der Waals surface area contributed by atoms with Crippen molar-refractivity contribution in [2.45, 2.75) is 33.6 Å². The lowest BCUT2D eigenvalue weighted by Crippen LogP contribution is -2.05. The molecule has 112 valence electrons. The molecule has 0 aliphatic carbocycles. The van der Waals surface area contributed by atoms with Gasteiger partial charge in [0, 0.05) is 12.2 Å². The van der Waals surface area contributed by atoms with Gasteiger partial charge >= 0.3 is 0 Å². The fourth-order valence-electron chi connectivity index (χ4n) is 2.21. The fraction of sp³-hybridized carbons (Fsp3) is 0.368. The Bertz CT molecular complexity index is 578. The molecule has 0 atom stereocenters. The fourth-order valence-corrected chi connectivity index (χ4v) is 2.21. The van der Waals surface area contributed by atoms with Gasteiger partial charge in [-0.15, -0.1) is 0 Å². The van der Waals surface area contributed by atoms with Crippen LogP contribution in [0.5, 0.6) is 5.75 Å². The second kappa shape index (κ2) is 7.72. The maximum Gasteiger partial charge on any atom is 0.122 e. The summed E-state index contributed by atoms with van der Waals surface area (Å²) in [5.74, 6) is 1.000. The van der Waals surface area contributed by atoms with E-state index in [0.29, 0.717) is 0 Å². The summed E-state index contributed by atoms with van der Waals surface area (Å²) in [6.45, 7) is 8.13. The van der Waals surface area contributed by atoms with Crippen molar-refractivity contribution in [1.82, 2.24) is 0 Å². The van der Waals surface area contributed by atoms with Crippen LogP contribution in [0.4, 0.5) is 5.69 Å². The molecule has 0 radical (unpaired) electrons. The van der Waals surface area contributed by atoms with Crippen molar-refractivity contribution in [2.24, 2.45) is 0 Å². The lowest BCUT2D eigenvalue weighted by molar-refractivity contribution is 0.306. The average molecular weight is 283 g/mol. The standard InChI is InChI=1S/C19H25NO/c1-15-10-11-18(14-17(15)3)20-12-6-7-13-21-19-9-5-4-8-16(19)2/h4-5,8-11,14,20H,6-7,12-13H2,1-3H3. The summed E-state index contributed by atoms with van der Waals surface area (Å²) in [7, 11) is 0. The predicted octanol–water partition coefficient (Wildman–Crippen LogP) is 4.88. The van der Waals surface area contributed by atoms with Crippen LogP contribution in [0, 0.1) is 20.8 Å². The van der Waals surface area contributed by atoms with E-state index in [4.69, 9.17) is 4.74 Å². The smallest absolute Gasteiger partial charge is 0.122 e. The SMILES string of the molecule is Cc1ccc(NCCCCOc2ccccc2C)cc1C. The van der Waals surface area contributed by atoms with Gasteiger partial charge in [0.2, 0.25) is 0 Å². The highest BCUT2D eigenvalue weighted by molar-refractivity contribution is 5.47. The zero-order valence-electron chi connectivity index (χ0n) is 13.3. The van der Waals surface area contributed by atoms with Gasteiger partial charge in [-0.25, -0.2) is 0 Å². The van der Waals surface area contributed by atoms with E-state index < -0.39 is 0 Å². The van der Waals surface area contributed by atoms with Crippen LogP contribution < -0.4 is 10.1 Å². The largest absolute Gasteiger partial charge is 0.493 e. The molecule has 0 aliphatic rings. The summed E-state index contributed by atoms with van der Waals surface area (Å²) in [4.78, 5) is 0. The molecule has 0 amide bonds. The minimum atomic E-state index is 0.777. The van der Waals surface area contributed by atoms with Crippen LogP contribution in [0.15, 0.2) is 42.5 Å². The highest BCUT2D eigenvalue weighted by atomic mass is 16.5. The molecule has 1 N–H and O–H groups in total. The molecule has 0 aromatic heterocycles. The van der Waals surface area contributed by atoms with Gasteiger partial charge in [-0.1, -0.05) is 24.3 Å². The Hall–Kier alpha value is -1.96. The molecule has 0 aliphatic heterocycles. The van der Waals surface area contributed by atoms with Crippen LogP contribution in [0.1, 0.15) is 29.5 Å². The second-order valence-electron chi connectivity index (χ2n) is 5.55. The van der Waals surface area contributed by atoms with E-state index in [9.17, 15) is 0 Å². The number of rotatable bonds is 7. The van der Waals surface area contributed by atoms with Crippen molar-refractivity contribution >= 4 is 5.69 Å². The minimum Gasteiger partial charge on any atom is -0.493 e. The Morgan fingerprint density at radius 1 is 0.857 bits per heavy atom. The van der Waals surface area contributed by atoms with Crippen molar-refractivity contribution in [3.05, 3.63) is 59.2 Å². The van der Waals surface area contributed by atoms with Gasteiger partial charge in [0.15, 0.2) is 0 Å². The second-order valence-corrected chi connectivity index (χ2v) is 5.55. The van der Waals surface area contributed by atoms with E-state index >= 15 is 0 Å². The first-order valence-electron chi connectivity index (χ1n) is 7.66. The molecule has 0 fully saturated rings. The number of benzene rings is 2. The van der Waals surface area contributed by atoms with Crippen LogP contribution >= 0.6 is 0 Å².